The Kier molecular flexibility index (Phi) is 7.88. The Morgan fingerprint density at radius 2 is 1.51 bits per heavy atom. The maximum absolute atomic E-state index is 13.2. The number of para-hydroxylation sites is 1. The van der Waals surface area contributed by atoms with Crippen molar-refractivity contribution in [2.45, 2.75) is 44.2 Å². The Morgan fingerprint density at radius 1 is 0.886 bits per heavy atom. The zero-order chi connectivity index (χ0) is 24.8. The average molecular weight is 492 g/mol. The van der Waals surface area contributed by atoms with Gasteiger partial charge < -0.3 is 5.32 Å². The van der Waals surface area contributed by atoms with Crippen LogP contribution in [0.5, 0.6) is 0 Å². The lowest BCUT2D eigenvalue weighted by atomic mass is 10.0. The molecule has 1 aliphatic heterocycles. The molecule has 4 rings (SSSR count). The van der Waals surface area contributed by atoms with Gasteiger partial charge in [0.25, 0.3) is 15.9 Å². The first-order valence-electron chi connectivity index (χ1n) is 12.1. The number of sulfonamides is 1. The van der Waals surface area contributed by atoms with Crippen LogP contribution in [0.25, 0.3) is 0 Å². The molecular formula is C28H33N3O3S. The number of piperidine rings is 1. The number of hydrogen-bond acceptors (Lipinski definition) is 4. The second kappa shape index (κ2) is 11.1. The molecule has 1 saturated heterocycles. The van der Waals surface area contributed by atoms with Crippen molar-refractivity contribution in [3.05, 3.63) is 95.1 Å². The molecular weight excluding hydrogens is 458 g/mol. The lowest BCUT2D eigenvalue weighted by molar-refractivity contribution is 0.0951. The highest BCUT2D eigenvalue weighted by Gasteiger charge is 2.25. The summed E-state index contributed by atoms with van der Waals surface area (Å²) < 4.78 is 27.6. The van der Waals surface area contributed by atoms with Gasteiger partial charge in [-0.05, 0) is 68.2 Å². The quantitative estimate of drug-likeness (QED) is 0.494. The summed E-state index contributed by atoms with van der Waals surface area (Å²) in [7, 11) is -2.33. The zero-order valence-electron chi connectivity index (χ0n) is 20.4. The number of carbonyl (C=O) groups is 1. The molecule has 0 aromatic heterocycles. The topological polar surface area (TPSA) is 69.7 Å². The molecule has 0 saturated carbocycles. The third kappa shape index (κ3) is 5.92. The van der Waals surface area contributed by atoms with Gasteiger partial charge in [0.2, 0.25) is 0 Å². The first kappa shape index (κ1) is 24.9. The molecule has 184 valence electrons. The van der Waals surface area contributed by atoms with E-state index in [2.05, 4.69) is 16.3 Å². The van der Waals surface area contributed by atoms with E-state index in [1.54, 1.807) is 48.5 Å². The maximum Gasteiger partial charge on any atom is 0.264 e. The predicted molar refractivity (Wildman–Crippen MR) is 140 cm³/mol. The smallest absolute Gasteiger partial charge is 0.264 e. The van der Waals surface area contributed by atoms with Crippen LogP contribution in [0.3, 0.4) is 0 Å². The molecule has 3 aromatic carbocycles. The van der Waals surface area contributed by atoms with E-state index in [-0.39, 0.29) is 10.8 Å². The maximum atomic E-state index is 13.2. The SMILES string of the molecule is Cc1ccc(S(=O)(=O)N(C)c2ccccc2C(=O)NCc2ccccc2CN2CCCCC2)cc1. The highest BCUT2D eigenvalue weighted by molar-refractivity contribution is 7.92. The molecule has 35 heavy (non-hydrogen) atoms. The fraction of sp³-hybridized carbons (Fsp3) is 0.321. The summed E-state index contributed by atoms with van der Waals surface area (Å²) in [6.45, 7) is 5.38. The van der Waals surface area contributed by atoms with Gasteiger partial charge in [-0.2, -0.15) is 0 Å². The number of carbonyl (C=O) groups excluding carboxylic acids is 1. The number of nitrogens with one attached hydrogen (secondary N) is 1. The minimum atomic E-state index is -3.81. The molecule has 1 amide bonds. The summed E-state index contributed by atoms with van der Waals surface area (Å²) in [6, 6.07) is 21.7. The van der Waals surface area contributed by atoms with Crippen molar-refractivity contribution in [2.75, 3.05) is 24.4 Å². The molecule has 0 radical (unpaired) electrons. The number of amides is 1. The van der Waals surface area contributed by atoms with E-state index in [1.807, 2.05) is 25.1 Å². The fourth-order valence-electron chi connectivity index (χ4n) is 4.45. The van der Waals surface area contributed by atoms with Gasteiger partial charge in [-0.25, -0.2) is 8.42 Å². The lowest BCUT2D eigenvalue weighted by Crippen LogP contribution is -2.31. The molecule has 6 nitrogen and oxygen atoms in total. The highest BCUT2D eigenvalue weighted by Crippen LogP contribution is 2.26. The number of nitrogens with zero attached hydrogens (tertiary/aromatic N) is 2. The second-order valence-electron chi connectivity index (χ2n) is 9.09. The van der Waals surface area contributed by atoms with Crippen molar-refractivity contribution < 1.29 is 13.2 Å². The molecule has 1 aliphatic rings. The highest BCUT2D eigenvalue weighted by atomic mass is 32.2. The van der Waals surface area contributed by atoms with E-state index in [4.69, 9.17) is 0 Å². The van der Waals surface area contributed by atoms with Crippen LogP contribution in [0.1, 0.15) is 46.3 Å². The third-order valence-electron chi connectivity index (χ3n) is 6.57. The number of hydrogen-bond donors (Lipinski definition) is 1. The fourth-order valence-corrected chi connectivity index (χ4v) is 5.67. The zero-order valence-corrected chi connectivity index (χ0v) is 21.2. The minimum absolute atomic E-state index is 0.187. The average Bonchev–Trinajstić information content (AvgIpc) is 2.88. The van der Waals surface area contributed by atoms with Gasteiger partial charge in [0.1, 0.15) is 0 Å². The summed E-state index contributed by atoms with van der Waals surface area (Å²) in [6.07, 6.45) is 3.76. The van der Waals surface area contributed by atoms with Crippen molar-refractivity contribution in [3.8, 4) is 0 Å². The van der Waals surface area contributed by atoms with Crippen molar-refractivity contribution >= 4 is 21.6 Å². The van der Waals surface area contributed by atoms with Gasteiger partial charge >= 0.3 is 0 Å². The summed E-state index contributed by atoms with van der Waals surface area (Å²) in [5.41, 5.74) is 3.92. The van der Waals surface area contributed by atoms with Crippen LogP contribution in [-0.2, 0) is 23.1 Å². The van der Waals surface area contributed by atoms with Crippen molar-refractivity contribution in [1.29, 1.82) is 0 Å². The Bertz CT molecular complexity index is 1270. The van der Waals surface area contributed by atoms with Crippen LogP contribution in [0, 0.1) is 6.92 Å². The first-order valence-corrected chi connectivity index (χ1v) is 13.5. The van der Waals surface area contributed by atoms with Crippen molar-refractivity contribution in [1.82, 2.24) is 10.2 Å². The van der Waals surface area contributed by atoms with Gasteiger partial charge in [-0.3, -0.25) is 14.0 Å². The molecule has 3 aromatic rings. The van der Waals surface area contributed by atoms with Crippen LogP contribution in [-0.4, -0.2) is 39.4 Å². The molecule has 0 aliphatic carbocycles. The van der Waals surface area contributed by atoms with Crippen LogP contribution < -0.4 is 9.62 Å². The summed E-state index contributed by atoms with van der Waals surface area (Å²) >= 11 is 0. The lowest BCUT2D eigenvalue weighted by Gasteiger charge is -2.27. The van der Waals surface area contributed by atoms with E-state index in [0.717, 1.165) is 30.8 Å². The van der Waals surface area contributed by atoms with E-state index >= 15 is 0 Å². The largest absolute Gasteiger partial charge is 0.348 e. The van der Waals surface area contributed by atoms with Crippen molar-refractivity contribution in [3.63, 3.8) is 0 Å². The van der Waals surface area contributed by atoms with Gasteiger partial charge in [-0.1, -0.05) is 60.5 Å². The Labute approximate surface area is 208 Å². The summed E-state index contributed by atoms with van der Waals surface area (Å²) in [5, 5.41) is 3.01. The Hall–Kier alpha value is -3.16. The number of rotatable bonds is 8. The van der Waals surface area contributed by atoms with E-state index in [0.29, 0.717) is 17.8 Å². The third-order valence-corrected chi connectivity index (χ3v) is 8.35. The second-order valence-corrected chi connectivity index (χ2v) is 11.1. The van der Waals surface area contributed by atoms with Gasteiger partial charge in [0, 0.05) is 20.1 Å². The molecule has 0 spiro atoms. The molecule has 1 fully saturated rings. The van der Waals surface area contributed by atoms with E-state index in [9.17, 15) is 13.2 Å². The molecule has 1 heterocycles. The Morgan fingerprint density at radius 3 is 2.23 bits per heavy atom. The van der Waals surface area contributed by atoms with E-state index in [1.165, 1.54) is 36.2 Å². The molecule has 0 atom stereocenters. The van der Waals surface area contributed by atoms with Gasteiger partial charge in [0.05, 0.1) is 16.1 Å². The first-order chi connectivity index (χ1) is 16.9. The van der Waals surface area contributed by atoms with Gasteiger partial charge in [0.15, 0.2) is 0 Å². The van der Waals surface area contributed by atoms with Crippen molar-refractivity contribution in [2.24, 2.45) is 0 Å². The molecule has 0 unspecified atom stereocenters. The normalized spacial score (nSPS) is 14.5. The molecule has 7 heteroatoms. The number of benzene rings is 3. The summed E-state index contributed by atoms with van der Waals surface area (Å²) in [4.78, 5) is 15.9. The molecule has 1 N–H and O–H groups in total. The molecule has 0 bridgehead atoms. The summed E-state index contributed by atoms with van der Waals surface area (Å²) in [5.74, 6) is -0.306. The number of anilines is 1. The Balaban J connectivity index is 1.50. The standard InChI is InChI=1S/C28H33N3O3S/c1-22-14-16-25(17-15-22)35(33,34)30(2)27-13-7-6-12-26(27)28(32)29-20-23-10-4-5-11-24(23)21-31-18-8-3-9-19-31/h4-7,10-17H,3,8-9,18-21H2,1-2H3,(H,29,32). The van der Waals surface area contributed by atoms with Crippen LogP contribution in [0.2, 0.25) is 0 Å². The minimum Gasteiger partial charge on any atom is -0.348 e. The van der Waals surface area contributed by atoms with Gasteiger partial charge in [-0.15, -0.1) is 0 Å². The predicted octanol–water partition coefficient (Wildman–Crippen LogP) is 4.74. The number of likely N-dealkylation sites (tertiary alicyclic amines) is 1. The number of aryl methyl sites for hydroxylation is 1. The van der Waals surface area contributed by atoms with E-state index < -0.39 is 10.0 Å². The van der Waals surface area contributed by atoms with Crippen LogP contribution in [0.15, 0.2) is 77.7 Å². The van der Waals surface area contributed by atoms with Crippen LogP contribution in [0.4, 0.5) is 5.69 Å². The van der Waals surface area contributed by atoms with Crippen LogP contribution >= 0.6 is 0 Å². The monoisotopic (exact) mass is 491 g/mol.